The lowest BCUT2D eigenvalue weighted by atomic mass is 9.63. The van der Waals surface area contributed by atoms with Crippen molar-refractivity contribution in [3.8, 4) is 0 Å². The van der Waals surface area contributed by atoms with Crippen molar-refractivity contribution in [2.24, 2.45) is 0 Å². The van der Waals surface area contributed by atoms with Crippen LogP contribution in [0.1, 0.15) is 23.5 Å². The maximum Gasteiger partial charge on any atom is 0.239 e. The topological polar surface area (TPSA) is 49.3 Å². The summed E-state index contributed by atoms with van der Waals surface area (Å²) in [6, 6.07) is 13.0. The van der Waals surface area contributed by atoms with Crippen LogP contribution in [0, 0.1) is 0 Å². The van der Waals surface area contributed by atoms with Gasteiger partial charge in [-0.15, -0.1) is 0 Å². The predicted molar refractivity (Wildman–Crippen MR) is 109 cm³/mol. The van der Waals surface area contributed by atoms with E-state index < -0.39 is 11.5 Å². The Balaban J connectivity index is 1.97. The Hall–Kier alpha value is -1.08. The molecule has 0 saturated heterocycles. The van der Waals surface area contributed by atoms with Gasteiger partial charge in [0.25, 0.3) is 0 Å². The first-order valence-corrected chi connectivity index (χ1v) is 9.68. The lowest BCUT2D eigenvalue weighted by Crippen LogP contribution is -2.43. The quantitative estimate of drug-likeness (QED) is 0.555. The number of benzene rings is 2. The van der Waals surface area contributed by atoms with Gasteiger partial charge in [0.15, 0.2) is 0 Å². The molecule has 1 aliphatic carbocycles. The monoisotopic (exact) mass is 485 g/mol. The van der Waals surface area contributed by atoms with Gasteiger partial charge >= 0.3 is 0 Å². The number of hydrogen-bond donors (Lipinski definition) is 2. The molecule has 0 saturated carbocycles. The summed E-state index contributed by atoms with van der Waals surface area (Å²) in [6.07, 6.45) is 1.74. The van der Waals surface area contributed by atoms with Gasteiger partial charge in [-0.25, -0.2) is 0 Å². The Bertz CT molecular complexity index is 914. The standard InChI is InChI=1S/C19H14Cl2INO2/c20-11-3-1-2-10(6-11)14-8-17(24)15(22)9-19(14)13-5-4-12(21)7-16(13)23-18(19)25/h1-7,9,14,17,24H,8H2,(H,23,25)/t14-,17?,19-/m0/s1. The fourth-order valence-corrected chi connectivity index (χ4v) is 4.99. The summed E-state index contributed by atoms with van der Waals surface area (Å²) in [7, 11) is 0. The molecule has 1 spiro atoms. The molecule has 2 aromatic rings. The maximum absolute atomic E-state index is 13.1. The first-order valence-electron chi connectivity index (χ1n) is 7.85. The molecule has 1 unspecified atom stereocenters. The zero-order valence-corrected chi connectivity index (χ0v) is 16.6. The molecule has 1 aliphatic heterocycles. The fourth-order valence-electron chi connectivity index (χ4n) is 3.88. The van der Waals surface area contributed by atoms with Crippen molar-refractivity contribution < 1.29 is 9.90 Å². The average molecular weight is 486 g/mol. The third kappa shape index (κ3) is 2.70. The minimum atomic E-state index is -0.875. The normalized spacial score (nSPS) is 27.8. The van der Waals surface area contributed by atoms with Crippen LogP contribution in [0.3, 0.4) is 0 Å². The molecule has 0 bridgehead atoms. The average Bonchev–Trinajstić information content (AvgIpc) is 2.82. The van der Waals surface area contributed by atoms with Crippen molar-refractivity contribution in [1.82, 2.24) is 0 Å². The van der Waals surface area contributed by atoms with Crippen molar-refractivity contribution in [1.29, 1.82) is 0 Å². The van der Waals surface area contributed by atoms with Gasteiger partial charge in [0.05, 0.1) is 6.10 Å². The summed E-state index contributed by atoms with van der Waals surface area (Å²) in [5.74, 6) is -0.321. The van der Waals surface area contributed by atoms with Gasteiger partial charge < -0.3 is 10.4 Å². The molecule has 2 aromatic carbocycles. The number of aliphatic hydroxyl groups is 1. The summed E-state index contributed by atoms with van der Waals surface area (Å²) in [6.45, 7) is 0. The van der Waals surface area contributed by atoms with Crippen LogP contribution in [0.25, 0.3) is 0 Å². The number of hydrogen-bond acceptors (Lipinski definition) is 2. The highest BCUT2D eigenvalue weighted by Crippen LogP contribution is 2.54. The molecule has 0 fully saturated rings. The molecule has 0 aromatic heterocycles. The number of carbonyl (C=O) groups is 1. The molecule has 1 heterocycles. The molecule has 3 atom stereocenters. The van der Waals surface area contributed by atoms with Crippen LogP contribution in [0.15, 0.2) is 52.1 Å². The Morgan fingerprint density at radius 2 is 1.92 bits per heavy atom. The van der Waals surface area contributed by atoms with Crippen LogP contribution in [-0.2, 0) is 10.2 Å². The number of amides is 1. The molecule has 1 amide bonds. The molecule has 128 valence electrons. The first kappa shape index (κ1) is 17.3. The van der Waals surface area contributed by atoms with Gasteiger partial charge in [-0.3, -0.25) is 4.79 Å². The molecular weight excluding hydrogens is 472 g/mol. The van der Waals surface area contributed by atoms with E-state index in [0.717, 1.165) is 20.4 Å². The largest absolute Gasteiger partial charge is 0.388 e. The maximum atomic E-state index is 13.1. The number of nitrogens with one attached hydrogen (secondary N) is 1. The van der Waals surface area contributed by atoms with Gasteiger partial charge in [-0.05, 0) is 64.4 Å². The van der Waals surface area contributed by atoms with E-state index in [1.165, 1.54) is 0 Å². The SMILES string of the molecule is O=C1Nc2cc(Cl)ccc2[C@]12C=C(I)C(O)C[C@H]2c1cccc(Cl)c1. The van der Waals surface area contributed by atoms with E-state index >= 15 is 0 Å². The fraction of sp³-hybridized carbons (Fsp3) is 0.211. The molecule has 6 heteroatoms. The van der Waals surface area contributed by atoms with Crippen LogP contribution in [0.5, 0.6) is 0 Å². The zero-order valence-electron chi connectivity index (χ0n) is 13.0. The molecule has 3 nitrogen and oxygen atoms in total. The summed E-state index contributed by atoms with van der Waals surface area (Å²) in [5, 5.41) is 14.6. The van der Waals surface area contributed by atoms with Gasteiger partial charge in [0.1, 0.15) is 5.41 Å². The van der Waals surface area contributed by atoms with Gasteiger partial charge in [0.2, 0.25) is 5.91 Å². The second-order valence-electron chi connectivity index (χ2n) is 6.40. The second kappa shape index (κ2) is 6.27. The Kier molecular flexibility index (Phi) is 4.35. The Morgan fingerprint density at radius 1 is 1.16 bits per heavy atom. The van der Waals surface area contributed by atoms with E-state index in [1.807, 2.05) is 30.3 Å². The molecule has 2 aliphatic rings. The molecule has 4 rings (SSSR count). The highest BCUT2D eigenvalue weighted by atomic mass is 127. The van der Waals surface area contributed by atoms with Crippen LogP contribution in [-0.4, -0.2) is 17.1 Å². The second-order valence-corrected chi connectivity index (χ2v) is 8.52. The lowest BCUT2D eigenvalue weighted by Gasteiger charge is -2.39. The van der Waals surface area contributed by atoms with Crippen molar-refractivity contribution in [2.75, 3.05) is 5.32 Å². The predicted octanol–water partition coefficient (Wildman–Crippen LogP) is 5.05. The summed E-state index contributed by atoms with van der Waals surface area (Å²) in [4.78, 5) is 13.1. The van der Waals surface area contributed by atoms with E-state index in [-0.39, 0.29) is 11.8 Å². The van der Waals surface area contributed by atoms with Crippen LogP contribution >= 0.6 is 45.8 Å². The molecule has 2 N–H and O–H groups in total. The third-order valence-corrected chi connectivity index (χ3v) is 6.50. The first-order chi connectivity index (χ1) is 11.9. The molecule has 25 heavy (non-hydrogen) atoms. The highest BCUT2D eigenvalue weighted by Gasteiger charge is 2.54. The Labute approximate surface area is 169 Å². The summed E-state index contributed by atoms with van der Waals surface area (Å²) < 4.78 is 0.772. The van der Waals surface area contributed by atoms with Gasteiger partial charge in [-0.1, -0.05) is 47.5 Å². The van der Waals surface area contributed by atoms with E-state index in [0.29, 0.717) is 16.5 Å². The van der Waals surface area contributed by atoms with Gasteiger partial charge in [-0.2, -0.15) is 0 Å². The lowest BCUT2D eigenvalue weighted by molar-refractivity contribution is -0.120. The Morgan fingerprint density at radius 3 is 2.68 bits per heavy atom. The number of fused-ring (bicyclic) bond motifs is 2. The minimum Gasteiger partial charge on any atom is -0.388 e. The van der Waals surface area contributed by atoms with Gasteiger partial charge in [0, 0.05) is 25.2 Å². The number of halogens is 3. The molecule has 0 radical (unpaired) electrons. The van der Waals surface area contributed by atoms with Crippen molar-refractivity contribution in [3.63, 3.8) is 0 Å². The number of rotatable bonds is 1. The number of aliphatic hydroxyl groups excluding tert-OH is 1. The molecular formula is C19H14Cl2INO2. The summed E-state index contributed by atoms with van der Waals surface area (Å²) in [5.41, 5.74) is 1.67. The van der Waals surface area contributed by atoms with E-state index in [1.54, 1.807) is 18.2 Å². The van der Waals surface area contributed by atoms with Crippen LogP contribution < -0.4 is 5.32 Å². The van der Waals surface area contributed by atoms with Crippen molar-refractivity contribution in [2.45, 2.75) is 23.9 Å². The van der Waals surface area contributed by atoms with Crippen molar-refractivity contribution in [3.05, 3.63) is 73.3 Å². The van der Waals surface area contributed by atoms with E-state index in [2.05, 4.69) is 27.9 Å². The van der Waals surface area contributed by atoms with Crippen LogP contribution in [0.2, 0.25) is 10.0 Å². The van der Waals surface area contributed by atoms with Crippen LogP contribution in [0.4, 0.5) is 5.69 Å². The third-order valence-electron chi connectivity index (χ3n) is 4.99. The smallest absolute Gasteiger partial charge is 0.239 e. The summed E-state index contributed by atoms with van der Waals surface area (Å²) >= 11 is 14.4. The number of anilines is 1. The minimum absolute atomic E-state index is 0.101. The van der Waals surface area contributed by atoms with E-state index in [9.17, 15) is 9.90 Å². The van der Waals surface area contributed by atoms with E-state index in [4.69, 9.17) is 23.2 Å². The van der Waals surface area contributed by atoms with Crippen molar-refractivity contribution >= 4 is 57.4 Å². The highest BCUT2D eigenvalue weighted by molar-refractivity contribution is 14.1. The number of carbonyl (C=O) groups excluding carboxylic acids is 1. The zero-order chi connectivity index (χ0) is 17.8.